The van der Waals surface area contributed by atoms with Crippen molar-refractivity contribution in [3.8, 4) is 5.75 Å². The fourth-order valence-electron chi connectivity index (χ4n) is 2.57. The largest absolute Gasteiger partial charge is 0.497 e. The van der Waals surface area contributed by atoms with E-state index in [9.17, 15) is 5.11 Å². The third kappa shape index (κ3) is 4.31. The highest BCUT2D eigenvalue weighted by Gasteiger charge is 2.16. The zero-order valence-electron chi connectivity index (χ0n) is 12.7. The van der Waals surface area contributed by atoms with Gasteiger partial charge in [0.15, 0.2) is 0 Å². The normalized spacial score (nSPS) is 12.4. The van der Waals surface area contributed by atoms with Gasteiger partial charge in [0.25, 0.3) is 0 Å². The highest BCUT2D eigenvalue weighted by molar-refractivity contribution is 5.27. The van der Waals surface area contributed by atoms with Crippen LogP contribution in [0.25, 0.3) is 0 Å². The van der Waals surface area contributed by atoms with E-state index < -0.39 is 0 Å². The van der Waals surface area contributed by atoms with E-state index in [2.05, 4.69) is 36.2 Å². The number of hydrogen-bond acceptors (Lipinski definition) is 3. The standard InChI is InChI=1S/C18H23NO2/c1-19(14-15-8-10-17(21-2)11-9-15)18(12-13-20)16-6-4-3-5-7-16/h3-11,18,20H,12-14H2,1-2H3. The van der Waals surface area contributed by atoms with Gasteiger partial charge >= 0.3 is 0 Å². The summed E-state index contributed by atoms with van der Waals surface area (Å²) in [7, 11) is 3.77. The van der Waals surface area contributed by atoms with Gasteiger partial charge in [-0.15, -0.1) is 0 Å². The minimum Gasteiger partial charge on any atom is -0.497 e. The van der Waals surface area contributed by atoms with E-state index in [1.54, 1.807) is 7.11 Å². The topological polar surface area (TPSA) is 32.7 Å². The van der Waals surface area contributed by atoms with E-state index >= 15 is 0 Å². The Labute approximate surface area is 126 Å². The number of benzene rings is 2. The summed E-state index contributed by atoms with van der Waals surface area (Å²) in [5, 5.41) is 9.34. The predicted molar refractivity (Wildman–Crippen MR) is 85.3 cm³/mol. The first-order valence-electron chi connectivity index (χ1n) is 7.23. The van der Waals surface area contributed by atoms with Crippen molar-refractivity contribution < 1.29 is 9.84 Å². The van der Waals surface area contributed by atoms with Crippen molar-refractivity contribution in [3.63, 3.8) is 0 Å². The second kappa shape index (κ2) is 7.81. The Hall–Kier alpha value is -1.84. The molecule has 0 radical (unpaired) electrons. The highest BCUT2D eigenvalue weighted by atomic mass is 16.5. The van der Waals surface area contributed by atoms with Gasteiger partial charge in [-0.1, -0.05) is 42.5 Å². The molecule has 2 aromatic carbocycles. The minimum absolute atomic E-state index is 0.187. The van der Waals surface area contributed by atoms with Gasteiger partial charge in [0, 0.05) is 19.2 Å². The second-order valence-electron chi connectivity index (χ2n) is 5.20. The first-order chi connectivity index (χ1) is 10.2. The summed E-state index contributed by atoms with van der Waals surface area (Å²) >= 11 is 0. The molecule has 2 aromatic rings. The summed E-state index contributed by atoms with van der Waals surface area (Å²) in [6, 6.07) is 18.7. The number of aliphatic hydroxyl groups excluding tert-OH is 1. The summed E-state index contributed by atoms with van der Waals surface area (Å²) < 4.78 is 5.18. The molecule has 0 spiro atoms. The van der Waals surface area contributed by atoms with Crippen LogP contribution in [-0.4, -0.2) is 30.8 Å². The quantitative estimate of drug-likeness (QED) is 0.847. The SMILES string of the molecule is COc1ccc(CN(C)C(CCO)c2ccccc2)cc1. The molecule has 0 heterocycles. The lowest BCUT2D eigenvalue weighted by Crippen LogP contribution is -2.25. The molecule has 0 fully saturated rings. The van der Waals surface area contributed by atoms with E-state index in [4.69, 9.17) is 4.74 Å². The van der Waals surface area contributed by atoms with E-state index in [1.165, 1.54) is 11.1 Å². The molecule has 0 aliphatic heterocycles. The number of hydrogen-bond donors (Lipinski definition) is 1. The predicted octanol–water partition coefficient (Wildman–Crippen LogP) is 3.25. The lowest BCUT2D eigenvalue weighted by molar-refractivity contribution is 0.180. The molecular weight excluding hydrogens is 262 g/mol. The lowest BCUT2D eigenvalue weighted by atomic mass is 10.0. The zero-order valence-corrected chi connectivity index (χ0v) is 12.7. The third-order valence-electron chi connectivity index (χ3n) is 3.71. The van der Waals surface area contributed by atoms with E-state index in [-0.39, 0.29) is 12.6 Å². The maximum absolute atomic E-state index is 9.34. The monoisotopic (exact) mass is 285 g/mol. The van der Waals surface area contributed by atoms with Gasteiger partial charge < -0.3 is 9.84 Å². The molecule has 21 heavy (non-hydrogen) atoms. The van der Waals surface area contributed by atoms with Gasteiger partial charge in [-0.3, -0.25) is 4.90 Å². The van der Waals surface area contributed by atoms with Crippen molar-refractivity contribution in [1.29, 1.82) is 0 Å². The van der Waals surface area contributed by atoms with Gasteiger partial charge in [0.2, 0.25) is 0 Å². The maximum Gasteiger partial charge on any atom is 0.118 e. The van der Waals surface area contributed by atoms with Crippen LogP contribution in [0, 0.1) is 0 Å². The fraction of sp³-hybridized carbons (Fsp3) is 0.333. The van der Waals surface area contributed by atoms with Crippen molar-refractivity contribution in [1.82, 2.24) is 4.90 Å². The zero-order chi connectivity index (χ0) is 15.1. The molecule has 3 nitrogen and oxygen atoms in total. The highest BCUT2D eigenvalue weighted by Crippen LogP contribution is 2.24. The molecule has 112 valence electrons. The molecule has 0 aliphatic carbocycles. The van der Waals surface area contributed by atoms with Crippen LogP contribution in [0.2, 0.25) is 0 Å². The van der Waals surface area contributed by atoms with Gasteiger partial charge in [-0.25, -0.2) is 0 Å². The van der Waals surface area contributed by atoms with Crippen molar-refractivity contribution in [2.75, 3.05) is 20.8 Å². The van der Waals surface area contributed by atoms with E-state index in [1.807, 2.05) is 30.3 Å². The van der Waals surface area contributed by atoms with Crippen LogP contribution in [0.5, 0.6) is 5.75 Å². The summed E-state index contributed by atoms with van der Waals surface area (Å²) in [5.41, 5.74) is 2.47. The van der Waals surface area contributed by atoms with E-state index in [0.29, 0.717) is 0 Å². The average Bonchev–Trinajstić information content (AvgIpc) is 2.54. The number of nitrogens with zero attached hydrogens (tertiary/aromatic N) is 1. The summed E-state index contributed by atoms with van der Waals surface area (Å²) in [5.74, 6) is 0.872. The number of methoxy groups -OCH3 is 1. The third-order valence-corrected chi connectivity index (χ3v) is 3.71. The van der Waals surface area contributed by atoms with Crippen LogP contribution in [0.4, 0.5) is 0 Å². The lowest BCUT2D eigenvalue weighted by Gasteiger charge is -2.28. The molecule has 1 N–H and O–H groups in total. The Morgan fingerprint density at radius 1 is 1.05 bits per heavy atom. The molecule has 3 heteroatoms. The number of aliphatic hydroxyl groups is 1. The molecule has 0 amide bonds. The van der Waals surface area contributed by atoms with Crippen molar-refractivity contribution in [2.45, 2.75) is 19.0 Å². The number of ether oxygens (including phenoxy) is 1. The molecular formula is C18H23NO2. The minimum atomic E-state index is 0.187. The first-order valence-corrected chi connectivity index (χ1v) is 7.23. The van der Waals surface area contributed by atoms with Crippen LogP contribution in [0.1, 0.15) is 23.6 Å². The van der Waals surface area contributed by atoms with Crippen LogP contribution >= 0.6 is 0 Å². The van der Waals surface area contributed by atoms with Crippen LogP contribution < -0.4 is 4.74 Å². The van der Waals surface area contributed by atoms with Crippen molar-refractivity contribution in [3.05, 3.63) is 65.7 Å². The van der Waals surface area contributed by atoms with Gasteiger partial charge in [0.1, 0.15) is 5.75 Å². The molecule has 0 saturated heterocycles. The fourth-order valence-corrected chi connectivity index (χ4v) is 2.57. The summed E-state index contributed by atoms with van der Waals surface area (Å²) in [4.78, 5) is 2.27. The van der Waals surface area contributed by atoms with Gasteiger partial charge in [0.05, 0.1) is 7.11 Å². The first kappa shape index (κ1) is 15.5. The molecule has 0 aromatic heterocycles. The molecule has 1 unspecified atom stereocenters. The Morgan fingerprint density at radius 2 is 1.71 bits per heavy atom. The smallest absolute Gasteiger partial charge is 0.118 e. The van der Waals surface area contributed by atoms with Crippen LogP contribution in [0.15, 0.2) is 54.6 Å². The molecule has 0 aliphatic rings. The molecule has 1 atom stereocenters. The second-order valence-corrected chi connectivity index (χ2v) is 5.20. The van der Waals surface area contributed by atoms with Crippen LogP contribution in [0.3, 0.4) is 0 Å². The summed E-state index contributed by atoms with van der Waals surface area (Å²) in [6.45, 7) is 1.02. The van der Waals surface area contributed by atoms with Gasteiger partial charge in [-0.05, 0) is 36.7 Å². The summed E-state index contributed by atoms with van der Waals surface area (Å²) in [6.07, 6.45) is 0.733. The maximum atomic E-state index is 9.34. The van der Waals surface area contributed by atoms with Crippen molar-refractivity contribution in [2.24, 2.45) is 0 Å². The Kier molecular flexibility index (Phi) is 5.78. The Balaban J connectivity index is 2.09. The van der Waals surface area contributed by atoms with Gasteiger partial charge in [-0.2, -0.15) is 0 Å². The number of rotatable bonds is 7. The molecule has 0 saturated carbocycles. The molecule has 2 rings (SSSR count). The average molecular weight is 285 g/mol. The Bertz CT molecular complexity index is 525. The Morgan fingerprint density at radius 3 is 2.29 bits per heavy atom. The van der Waals surface area contributed by atoms with Crippen LogP contribution in [-0.2, 0) is 6.54 Å². The van der Waals surface area contributed by atoms with Crippen molar-refractivity contribution >= 4 is 0 Å². The molecule has 0 bridgehead atoms. The van der Waals surface area contributed by atoms with E-state index in [0.717, 1.165) is 18.7 Å².